The van der Waals surface area contributed by atoms with Crippen molar-refractivity contribution in [3.8, 4) is 5.75 Å². The Morgan fingerprint density at radius 3 is 2.53 bits per heavy atom. The minimum absolute atomic E-state index is 0.00152. The van der Waals surface area contributed by atoms with E-state index >= 15 is 0 Å². The number of benzene rings is 2. The molecule has 1 atom stereocenters. The summed E-state index contributed by atoms with van der Waals surface area (Å²) in [7, 11) is 0. The number of phenolic OH excluding ortho intramolecular Hbond substituents is 1. The van der Waals surface area contributed by atoms with Crippen LogP contribution in [0, 0.1) is 0 Å². The molecule has 0 amide bonds. The number of halogens is 2. The zero-order valence-electron chi connectivity index (χ0n) is 10.3. The van der Waals surface area contributed by atoms with Crippen molar-refractivity contribution in [2.75, 3.05) is 0 Å². The molecule has 0 saturated carbocycles. The van der Waals surface area contributed by atoms with E-state index in [2.05, 4.69) is 4.99 Å². The van der Waals surface area contributed by atoms with Crippen LogP contribution in [0.3, 0.4) is 0 Å². The second kappa shape index (κ2) is 6.09. The molecule has 98 valence electrons. The maximum atomic E-state index is 9.82. The van der Waals surface area contributed by atoms with Crippen LogP contribution in [0.25, 0.3) is 0 Å². The van der Waals surface area contributed by atoms with Crippen molar-refractivity contribution in [3.63, 3.8) is 0 Å². The minimum Gasteiger partial charge on any atom is -0.506 e. The van der Waals surface area contributed by atoms with Crippen molar-refractivity contribution in [3.05, 3.63) is 63.6 Å². The summed E-state index contributed by atoms with van der Waals surface area (Å²) in [4.78, 5) is 4.41. The molecular weight excluding hydrogens is 281 g/mol. The number of aliphatic imine (C=N–C) groups is 1. The molecule has 0 spiro atoms. The first-order valence-electron chi connectivity index (χ1n) is 5.84. The summed E-state index contributed by atoms with van der Waals surface area (Å²) in [5.74, 6) is -0.00456. The van der Waals surface area contributed by atoms with Gasteiger partial charge in [-0.05, 0) is 24.6 Å². The van der Waals surface area contributed by atoms with Crippen molar-refractivity contribution in [2.24, 2.45) is 4.99 Å². The summed E-state index contributed by atoms with van der Waals surface area (Å²) in [5, 5.41) is 10.5. The smallest absolute Gasteiger partial charge is 0.143 e. The second-order valence-electron chi connectivity index (χ2n) is 4.19. The Labute approximate surface area is 122 Å². The van der Waals surface area contributed by atoms with Gasteiger partial charge in [-0.3, -0.25) is 4.99 Å². The van der Waals surface area contributed by atoms with Crippen LogP contribution in [0.5, 0.6) is 5.75 Å². The van der Waals surface area contributed by atoms with E-state index in [9.17, 15) is 5.11 Å². The summed E-state index contributed by atoms with van der Waals surface area (Å²) in [6, 6.07) is 13.0. The van der Waals surface area contributed by atoms with E-state index in [0.717, 1.165) is 5.56 Å². The van der Waals surface area contributed by atoms with E-state index in [1.807, 2.05) is 37.3 Å². The summed E-state index contributed by atoms with van der Waals surface area (Å²) in [6.07, 6.45) is 1.59. The molecular formula is C15H13Cl2NO. The SMILES string of the molecule is C[C@@H](N=Cc1cc(Cl)cc(Cl)c1O)c1ccccc1. The summed E-state index contributed by atoms with van der Waals surface area (Å²) in [6.45, 7) is 1.98. The molecule has 0 radical (unpaired) electrons. The molecule has 2 aromatic rings. The molecule has 0 aromatic heterocycles. The highest BCUT2D eigenvalue weighted by molar-refractivity contribution is 6.36. The van der Waals surface area contributed by atoms with Gasteiger partial charge in [-0.25, -0.2) is 0 Å². The third kappa shape index (κ3) is 3.49. The van der Waals surface area contributed by atoms with E-state index in [0.29, 0.717) is 10.6 Å². The summed E-state index contributed by atoms with van der Waals surface area (Å²) < 4.78 is 0. The van der Waals surface area contributed by atoms with Crippen molar-refractivity contribution in [1.82, 2.24) is 0 Å². The van der Waals surface area contributed by atoms with Gasteiger partial charge in [0.15, 0.2) is 0 Å². The first-order chi connectivity index (χ1) is 9.08. The number of aromatic hydroxyl groups is 1. The third-order valence-corrected chi connectivity index (χ3v) is 3.28. The minimum atomic E-state index is -0.00456. The van der Waals surface area contributed by atoms with E-state index < -0.39 is 0 Å². The van der Waals surface area contributed by atoms with Gasteiger partial charge < -0.3 is 5.11 Å². The molecule has 0 saturated heterocycles. The fraction of sp³-hybridized carbons (Fsp3) is 0.133. The molecule has 0 aliphatic carbocycles. The van der Waals surface area contributed by atoms with Crippen LogP contribution in [-0.4, -0.2) is 11.3 Å². The van der Waals surface area contributed by atoms with Gasteiger partial charge in [-0.2, -0.15) is 0 Å². The third-order valence-electron chi connectivity index (χ3n) is 2.78. The monoisotopic (exact) mass is 293 g/mol. The van der Waals surface area contributed by atoms with Gasteiger partial charge in [-0.15, -0.1) is 0 Å². The Bertz CT molecular complexity index is 597. The molecule has 0 aliphatic heterocycles. The molecule has 0 fully saturated rings. The highest BCUT2D eigenvalue weighted by Crippen LogP contribution is 2.30. The molecule has 0 unspecified atom stereocenters. The molecule has 4 heteroatoms. The highest BCUT2D eigenvalue weighted by atomic mass is 35.5. The Morgan fingerprint density at radius 2 is 1.84 bits per heavy atom. The van der Waals surface area contributed by atoms with Crippen LogP contribution in [-0.2, 0) is 0 Å². The zero-order valence-corrected chi connectivity index (χ0v) is 11.9. The molecule has 2 rings (SSSR count). The number of hydrogen-bond acceptors (Lipinski definition) is 2. The standard InChI is InChI=1S/C15H13Cl2NO/c1-10(11-5-3-2-4-6-11)18-9-12-7-13(16)8-14(17)15(12)19/h2-10,19H,1H3/t10-/m1/s1. The summed E-state index contributed by atoms with van der Waals surface area (Å²) in [5.41, 5.74) is 1.62. The molecule has 0 aliphatic rings. The van der Waals surface area contributed by atoms with Crippen LogP contribution in [0.2, 0.25) is 10.0 Å². The molecule has 19 heavy (non-hydrogen) atoms. The second-order valence-corrected chi connectivity index (χ2v) is 5.03. The average Bonchev–Trinajstić information content (AvgIpc) is 2.41. The van der Waals surface area contributed by atoms with Crippen LogP contribution in [0.4, 0.5) is 0 Å². The lowest BCUT2D eigenvalue weighted by Crippen LogP contribution is -1.91. The van der Waals surface area contributed by atoms with Crippen LogP contribution in [0.1, 0.15) is 24.1 Å². The number of rotatable bonds is 3. The van der Waals surface area contributed by atoms with E-state index in [-0.39, 0.29) is 16.8 Å². The van der Waals surface area contributed by atoms with Gasteiger partial charge in [0.1, 0.15) is 5.75 Å². The Hall–Kier alpha value is -1.51. The van der Waals surface area contributed by atoms with Crippen LogP contribution in [0.15, 0.2) is 47.5 Å². The Morgan fingerprint density at radius 1 is 1.16 bits per heavy atom. The fourth-order valence-electron chi connectivity index (χ4n) is 1.69. The fourth-order valence-corrected chi connectivity index (χ4v) is 2.20. The van der Waals surface area contributed by atoms with Gasteiger partial charge >= 0.3 is 0 Å². The molecule has 2 aromatic carbocycles. The zero-order chi connectivity index (χ0) is 13.8. The van der Waals surface area contributed by atoms with Crippen molar-refractivity contribution >= 4 is 29.4 Å². The number of hydrogen-bond donors (Lipinski definition) is 1. The van der Waals surface area contributed by atoms with Crippen LogP contribution >= 0.6 is 23.2 Å². The number of phenols is 1. The Balaban J connectivity index is 2.24. The number of nitrogens with zero attached hydrogens (tertiary/aromatic N) is 1. The topological polar surface area (TPSA) is 32.6 Å². The molecule has 0 heterocycles. The van der Waals surface area contributed by atoms with Crippen molar-refractivity contribution in [2.45, 2.75) is 13.0 Å². The first-order valence-corrected chi connectivity index (χ1v) is 6.59. The first kappa shape index (κ1) is 13.9. The average molecular weight is 294 g/mol. The van der Waals surface area contributed by atoms with E-state index in [1.54, 1.807) is 12.3 Å². The van der Waals surface area contributed by atoms with Crippen molar-refractivity contribution < 1.29 is 5.11 Å². The van der Waals surface area contributed by atoms with Gasteiger partial charge in [0, 0.05) is 16.8 Å². The van der Waals surface area contributed by atoms with Crippen LogP contribution < -0.4 is 0 Å². The van der Waals surface area contributed by atoms with Gasteiger partial charge in [0.25, 0.3) is 0 Å². The Kier molecular flexibility index (Phi) is 4.46. The molecule has 1 N–H and O–H groups in total. The van der Waals surface area contributed by atoms with E-state index in [4.69, 9.17) is 23.2 Å². The quantitative estimate of drug-likeness (QED) is 0.804. The van der Waals surface area contributed by atoms with E-state index in [1.165, 1.54) is 6.07 Å². The molecule has 2 nitrogen and oxygen atoms in total. The maximum absolute atomic E-state index is 9.82. The lowest BCUT2D eigenvalue weighted by Gasteiger charge is -2.07. The molecule has 0 bridgehead atoms. The predicted octanol–water partition coefficient (Wildman–Crippen LogP) is 4.88. The lowest BCUT2D eigenvalue weighted by atomic mass is 10.1. The van der Waals surface area contributed by atoms with Crippen molar-refractivity contribution in [1.29, 1.82) is 0 Å². The highest BCUT2D eigenvalue weighted by Gasteiger charge is 2.07. The summed E-state index contributed by atoms with van der Waals surface area (Å²) >= 11 is 11.8. The van der Waals surface area contributed by atoms with Gasteiger partial charge in [-0.1, -0.05) is 53.5 Å². The predicted molar refractivity (Wildman–Crippen MR) is 80.6 cm³/mol. The normalized spacial score (nSPS) is 12.8. The lowest BCUT2D eigenvalue weighted by molar-refractivity contribution is 0.474. The van der Waals surface area contributed by atoms with Gasteiger partial charge in [0.2, 0.25) is 0 Å². The van der Waals surface area contributed by atoms with Gasteiger partial charge in [0.05, 0.1) is 11.1 Å². The largest absolute Gasteiger partial charge is 0.506 e. The maximum Gasteiger partial charge on any atom is 0.143 e.